The molecule has 0 aromatic heterocycles. The number of hydrogen-bond acceptors (Lipinski definition) is 7. The summed E-state index contributed by atoms with van der Waals surface area (Å²) < 4.78 is 26.0. The molecule has 0 fully saturated rings. The van der Waals surface area contributed by atoms with Crippen LogP contribution >= 0.6 is 7.82 Å². The van der Waals surface area contributed by atoms with Crippen molar-refractivity contribution in [3.8, 4) is 0 Å². The summed E-state index contributed by atoms with van der Waals surface area (Å²) in [5.41, 5.74) is 0. The smallest absolute Gasteiger partial charge is 0.462 e. The van der Waals surface area contributed by atoms with Crippen molar-refractivity contribution in [3.63, 3.8) is 0 Å². The van der Waals surface area contributed by atoms with Gasteiger partial charge in [-0.15, -0.1) is 0 Å². The van der Waals surface area contributed by atoms with E-state index in [0.717, 1.165) is 57.8 Å². The standard InChI is InChI=1S/C33H57O9P/c1-3-5-6-7-16-21-24-27-33(36)42-31(29-41-43(37,38)39)28-40-32(35)26-23-20-18-15-13-11-9-8-10-12-14-17-19-22-25-30(34)4-2/h9-12,15,17-19,30-31,34H,3-8,13-14,16,20-29H2,1-2H3,(H2,37,38,39)/b11-9-,12-10-,18-15-,19-17-/t30-,31+/m0/s1. The molecule has 0 rings (SSSR count). The molecule has 0 radical (unpaired) electrons. The van der Waals surface area contributed by atoms with Crippen molar-refractivity contribution >= 4 is 19.8 Å². The Balaban J connectivity index is 4.11. The number of esters is 2. The predicted octanol–water partition coefficient (Wildman–Crippen LogP) is 7.81. The maximum atomic E-state index is 12.2. The van der Waals surface area contributed by atoms with E-state index in [1.54, 1.807) is 0 Å². The van der Waals surface area contributed by atoms with Crippen molar-refractivity contribution in [2.75, 3.05) is 13.2 Å². The molecule has 10 heteroatoms. The molecule has 0 unspecified atom stereocenters. The maximum absolute atomic E-state index is 12.2. The van der Waals surface area contributed by atoms with Crippen LogP contribution in [-0.2, 0) is 28.2 Å². The number of ether oxygens (including phenoxy) is 2. The second kappa shape index (κ2) is 28.7. The number of phosphoric acid groups is 1. The highest BCUT2D eigenvalue weighted by Gasteiger charge is 2.22. The minimum atomic E-state index is -4.76. The van der Waals surface area contributed by atoms with Crippen molar-refractivity contribution < 1.29 is 43.0 Å². The van der Waals surface area contributed by atoms with Gasteiger partial charge in [0.2, 0.25) is 0 Å². The lowest BCUT2D eigenvalue weighted by Crippen LogP contribution is -2.29. The lowest BCUT2D eigenvalue weighted by molar-refractivity contribution is -0.161. The molecule has 2 atom stereocenters. The molecule has 0 aromatic carbocycles. The fraction of sp³-hybridized carbons (Fsp3) is 0.697. The normalized spacial score (nSPS) is 13.9. The summed E-state index contributed by atoms with van der Waals surface area (Å²) in [6.45, 7) is 3.26. The van der Waals surface area contributed by atoms with Gasteiger partial charge in [-0.05, 0) is 57.8 Å². The first kappa shape index (κ1) is 41.0. The number of aliphatic hydroxyl groups is 1. The van der Waals surface area contributed by atoms with Gasteiger partial charge < -0.3 is 24.4 Å². The van der Waals surface area contributed by atoms with Gasteiger partial charge in [0.15, 0.2) is 6.10 Å². The van der Waals surface area contributed by atoms with E-state index >= 15 is 0 Å². The molecule has 0 amide bonds. The molecule has 0 saturated heterocycles. The van der Waals surface area contributed by atoms with Crippen LogP contribution < -0.4 is 0 Å². The van der Waals surface area contributed by atoms with E-state index in [-0.39, 0.29) is 25.6 Å². The number of carbonyl (C=O) groups is 2. The number of unbranched alkanes of at least 4 members (excludes halogenated alkanes) is 7. The number of rotatable bonds is 28. The Morgan fingerprint density at radius 2 is 1.23 bits per heavy atom. The van der Waals surface area contributed by atoms with E-state index in [9.17, 15) is 19.3 Å². The zero-order valence-corrected chi connectivity index (χ0v) is 27.3. The van der Waals surface area contributed by atoms with Crippen LogP contribution in [0, 0.1) is 0 Å². The van der Waals surface area contributed by atoms with E-state index in [4.69, 9.17) is 19.3 Å². The summed E-state index contributed by atoms with van der Waals surface area (Å²) in [6, 6.07) is 0. The molecule has 0 spiro atoms. The van der Waals surface area contributed by atoms with Crippen molar-refractivity contribution in [2.45, 2.75) is 135 Å². The Kier molecular flexibility index (Phi) is 27.4. The van der Waals surface area contributed by atoms with Crippen molar-refractivity contribution in [2.24, 2.45) is 0 Å². The largest absolute Gasteiger partial charge is 0.469 e. The van der Waals surface area contributed by atoms with Crippen LogP contribution in [0.5, 0.6) is 0 Å². The second-order valence-electron chi connectivity index (χ2n) is 10.6. The Morgan fingerprint density at radius 1 is 0.698 bits per heavy atom. The van der Waals surface area contributed by atoms with Gasteiger partial charge in [0.25, 0.3) is 0 Å². The molecule has 3 N–H and O–H groups in total. The third-order valence-electron chi connectivity index (χ3n) is 6.51. The van der Waals surface area contributed by atoms with Gasteiger partial charge in [-0.2, -0.15) is 0 Å². The topological polar surface area (TPSA) is 140 Å². The van der Waals surface area contributed by atoms with Crippen LogP contribution in [-0.4, -0.2) is 52.3 Å². The summed E-state index contributed by atoms with van der Waals surface area (Å²) in [7, 11) is -4.76. The van der Waals surface area contributed by atoms with E-state index in [1.807, 2.05) is 19.1 Å². The highest BCUT2D eigenvalue weighted by molar-refractivity contribution is 7.46. The van der Waals surface area contributed by atoms with Crippen molar-refractivity contribution in [1.29, 1.82) is 0 Å². The lowest BCUT2D eigenvalue weighted by atomic mass is 10.1. The van der Waals surface area contributed by atoms with E-state index in [0.29, 0.717) is 19.3 Å². The van der Waals surface area contributed by atoms with Crippen LogP contribution in [0.2, 0.25) is 0 Å². The summed E-state index contributed by atoms with van der Waals surface area (Å²) in [6.07, 6.45) is 29.5. The molecular weight excluding hydrogens is 571 g/mol. The van der Waals surface area contributed by atoms with E-state index < -0.39 is 32.5 Å². The van der Waals surface area contributed by atoms with Gasteiger partial charge in [0.05, 0.1) is 12.7 Å². The van der Waals surface area contributed by atoms with Crippen LogP contribution in [0.3, 0.4) is 0 Å². The minimum absolute atomic E-state index is 0.177. The molecule has 0 saturated carbocycles. The van der Waals surface area contributed by atoms with Gasteiger partial charge in [-0.3, -0.25) is 14.1 Å². The maximum Gasteiger partial charge on any atom is 0.469 e. The number of phosphoric ester groups is 1. The first-order chi connectivity index (χ1) is 20.7. The summed E-state index contributed by atoms with van der Waals surface area (Å²) >= 11 is 0. The molecule has 0 heterocycles. The number of allylic oxidation sites excluding steroid dienone is 8. The zero-order valence-electron chi connectivity index (χ0n) is 26.4. The third-order valence-corrected chi connectivity index (χ3v) is 7.00. The van der Waals surface area contributed by atoms with Gasteiger partial charge >= 0.3 is 19.8 Å². The molecule has 248 valence electrons. The monoisotopic (exact) mass is 628 g/mol. The van der Waals surface area contributed by atoms with Crippen molar-refractivity contribution in [3.05, 3.63) is 48.6 Å². The Hall–Kier alpha value is -2.03. The van der Waals surface area contributed by atoms with Crippen LogP contribution in [0.25, 0.3) is 0 Å². The molecule has 0 aromatic rings. The Morgan fingerprint density at radius 3 is 1.81 bits per heavy atom. The third kappa shape index (κ3) is 31.2. The Labute approximate surface area is 259 Å². The molecule has 0 aliphatic heterocycles. The first-order valence-corrected chi connectivity index (χ1v) is 17.5. The van der Waals surface area contributed by atoms with Gasteiger partial charge in [-0.1, -0.05) is 101 Å². The van der Waals surface area contributed by atoms with Gasteiger partial charge in [-0.25, -0.2) is 4.57 Å². The first-order valence-electron chi connectivity index (χ1n) is 16.0. The van der Waals surface area contributed by atoms with Gasteiger partial charge in [0, 0.05) is 12.8 Å². The van der Waals surface area contributed by atoms with Crippen LogP contribution in [0.1, 0.15) is 123 Å². The van der Waals surface area contributed by atoms with Crippen molar-refractivity contribution in [1.82, 2.24) is 0 Å². The molecule has 43 heavy (non-hydrogen) atoms. The average molecular weight is 629 g/mol. The fourth-order valence-electron chi connectivity index (χ4n) is 3.93. The highest BCUT2D eigenvalue weighted by Crippen LogP contribution is 2.35. The minimum Gasteiger partial charge on any atom is -0.462 e. The summed E-state index contributed by atoms with van der Waals surface area (Å²) in [5, 5.41) is 9.51. The lowest BCUT2D eigenvalue weighted by Gasteiger charge is -2.18. The van der Waals surface area contributed by atoms with Crippen LogP contribution in [0.4, 0.5) is 0 Å². The van der Waals surface area contributed by atoms with Gasteiger partial charge in [0.1, 0.15) is 6.61 Å². The zero-order chi connectivity index (χ0) is 32.0. The second-order valence-corrected chi connectivity index (χ2v) is 11.8. The van der Waals surface area contributed by atoms with Crippen LogP contribution in [0.15, 0.2) is 48.6 Å². The molecule has 0 bridgehead atoms. The average Bonchev–Trinajstić information content (AvgIpc) is 2.97. The number of carbonyl (C=O) groups excluding carboxylic acids is 2. The Bertz CT molecular complexity index is 860. The molecular formula is C33H57O9P. The number of aliphatic hydroxyl groups excluding tert-OH is 1. The highest BCUT2D eigenvalue weighted by atomic mass is 31.2. The molecule has 0 aliphatic carbocycles. The molecule has 9 nitrogen and oxygen atoms in total. The quantitative estimate of drug-likeness (QED) is 0.0342. The van der Waals surface area contributed by atoms with E-state index in [2.05, 4.69) is 47.9 Å². The number of hydrogen-bond donors (Lipinski definition) is 3. The fourth-order valence-corrected chi connectivity index (χ4v) is 4.29. The molecule has 0 aliphatic rings. The predicted molar refractivity (Wildman–Crippen MR) is 171 cm³/mol. The summed E-state index contributed by atoms with van der Waals surface area (Å²) in [5.74, 6) is -0.982. The summed E-state index contributed by atoms with van der Waals surface area (Å²) in [4.78, 5) is 42.2. The SMILES string of the molecule is CCCCCCCCCC(=O)O[C@H](COC(=O)CCC/C=C\C/C=C\C/C=C\C/C=C\CC[C@@H](O)CC)COP(=O)(O)O. The van der Waals surface area contributed by atoms with E-state index in [1.165, 1.54) is 19.3 Å².